The molecular weight excluding hydrogens is 304 g/mol. The Morgan fingerprint density at radius 1 is 1.12 bits per heavy atom. The van der Waals surface area contributed by atoms with E-state index in [1.807, 2.05) is 36.4 Å². The molecule has 0 radical (unpaired) electrons. The van der Waals surface area contributed by atoms with Crippen LogP contribution in [-0.4, -0.2) is 15.7 Å². The van der Waals surface area contributed by atoms with Crippen molar-refractivity contribution in [1.82, 2.24) is 9.78 Å². The summed E-state index contributed by atoms with van der Waals surface area (Å²) in [5.41, 5.74) is 1.11. The van der Waals surface area contributed by atoms with Gasteiger partial charge in [-0.15, -0.1) is 0 Å². The van der Waals surface area contributed by atoms with Crippen molar-refractivity contribution in [2.24, 2.45) is 0 Å². The number of nitrogens with one attached hydrogen (secondary N) is 1. The third-order valence-corrected chi connectivity index (χ3v) is 3.28. The fraction of sp³-hybridized carbons (Fsp3) is 0.0556. The van der Waals surface area contributed by atoms with E-state index >= 15 is 0 Å². The smallest absolute Gasteiger partial charge is 0.276 e. The maximum Gasteiger partial charge on any atom is 0.276 e. The first kappa shape index (κ1) is 15.3. The van der Waals surface area contributed by atoms with Gasteiger partial charge >= 0.3 is 0 Å². The lowest BCUT2D eigenvalue weighted by Gasteiger charge is -2.06. The van der Waals surface area contributed by atoms with Crippen LogP contribution in [0.25, 0.3) is 0 Å². The van der Waals surface area contributed by atoms with E-state index < -0.39 is 0 Å². The molecular formula is C18H14N4O2. The second kappa shape index (κ2) is 7.11. The van der Waals surface area contributed by atoms with Crippen LogP contribution >= 0.6 is 0 Å². The van der Waals surface area contributed by atoms with Crippen LogP contribution in [0.4, 0.5) is 5.69 Å². The van der Waals surface area contributed by atoms with Gasteiger partial charge in [0.05, 0.1) is 11.3 Å². The second-order valence-corrected chi connectivity index (χ2v) is 4.94. The van der Waals surface area contributed by atoms with E-state index in [1.54, 1.807) is 36.5 Å². The second-order valence-electron chi connectivity index (χ2n) is 4.94. The van der Waals surface area contributed by atoms with Gasteiger partial charge in [0, 0.05) is 6.20 Å². The van der Waals surface area contributed by atoms with E-state index in [2.05, 4.69) is 10.4 Å². The molecule has 0 aliphatic carbocycles. The number of anilines is 1. The summed E-state index contributed by atoms with van der Waals surface area (Å²) in [6.45, 7) is 0.200. The Bertz CT molecular complexity index is 881. The summed E-state index contributed by atoms with van der Waals surface area (Å²) in [6, 6.07) is 19.8. The van der Waals surface area contributed by atoms with Gasteiger partial charge in [-0.3, -0.25) is 4.79 Å². The zero-order valence-corrected chi connectivity index (χ0v) is 12.7. The summed E-state index contributed by atoms with van der Waals surface area (Å²) < 4.78 is 7.09. The minimum Gasteiger partial charge on any atom is -0.471 e. The number of nitriles is 1. The molecule has 6 nitrogen and oxygen atoms in total. The molecule has 0 saturated carbocycles. The van der Waals surface area contributed by atoms with Crippen LogP contribution in [0.1, 0.15) is 16.1 Å². The normalized spacial score (nSPS) is 9.96. The van der Waals surface area contributed by atoms with Gasteiger partial charge < -0.3 is 10.1 Å². The molecule has 1 amide bonds. The van der Waals surface area contributed by atoms with Crippen LogP contribution in [-0.2, 0) is 6.73 Å². The van der Waals surface area contributed by atoms with E-state index in [0.29, 0.717) is 11.3 Å². The molecule has 1 aromatic heterocycles. The molecule has 118 valence electrons. The van der Waals surface area contributed by atoms with E-state index in [0.717, 1.165) is 5.75 Å². The van der Waals surface area contributed by atoms with Crippen LogP contribution in [0.2, 0.25) is 0 Å². The van der Waals surface area contributed by atoms with Crippen molar-refractivity contribution in [2.75, 3.05) is 5.32 Å². The minimum absolute atomic E-state index is 0.200. The van der Waals surface area contributed by atoms with Crippen molar-refractivity contribution in [3.63, 3.8) is 0 Å². The first-order valence-corrected chi connectivity index (χ1v) is 7.28. The number of rotatable bonds is 5. The summed E-state index contributed by atoms with van der Waals surface area (Å²) in [5.74, 6) is 0.345. The molecule has 0 saturated heterocycles. The minimum atomic E-state index is -0.379. The van der Waals surface area contributed by atoms with Gasteiger partial charge in [0.15, 0.2) is 12.4 Å². The van der Waals surface area contributed by atoms with Crippen LogP contribution in [0.3, 0.4) is 0 Å². The molecule has 1 N–H and O–H groups in total. The highest BCUT2D eigenvalue weighted by Gasteiger charge is 2.12. The van der Waals surface area contributed by atoms with Crippen molar-refractivity contribution in [3.05, 3.63) is 78.1 Å². The summed E-state index contributed by atoms with van der Waals surface area (Å²) in [4.78, 5) is 12.2. The van der Waals surface area contributed by atoms with Gasteiger partial charge in [-0.25, -0.2) is 4.68 Å². The average molecular weight is 318 g/mol. The molecule has 3 rings (SSSR count). The van der Waals surface area contributed by atoms with E-state index in [1.165, 1.54) is 4.68 Å². The van der Waals surface area contributed by atoms with Gasteiger partial charge in [-0.2, -0.15) is 10.4 Å². The van der Waals surface area contributed by atoms with Gasteiger partial charge in [-0.1, -0.05) is 30.3 Å². The summed E-state index contributed by atoms with van der Waals surface area (Å²) in [5, 5.41) is 15.9. The highest BCUT2D eigenvalue weighted by Crippen LogP contribution is 2.14. The number of para-hydroxylation sites is 2. The summed E-state index contributed by atoms with van der Waals surface area (Å²) >= 11 is 0. The van der Waals surface area contributed by atoms with E-state index in [9.17, 15) is 4.79 Å². The number of amides is 1. The van der Waals surface area contributed by atoms with Gasteiger partial charge in [0.25, 0.3) is 5.91 Å². The number of hydrogen-bond acceptors (Lipinski definition) is 4. The predicted octanol–water partition coefficient (Wildman–Crippen LogP) is 3.04. The number of carbonyl (C=O) groups is 1. The maximum absolute atomic E-state index is 12.2. The molecule has 0 aliphatic heterocycles. The zero-order chi connectivity index (χ0) is 16.8. The summed E-state index contributed by atoms with van der Waals surface area (Å²) in [6.07, 6.45) is 1.66. The highest BCUT2D eigenvalue weighted by molar-refractivity contribution is 6.03. The number of benzene rings is 2. The van der Waals surface area contributed by atoms with Crippen LogP contribution in [0, 0.1) is 11.3 Å². The summed E-state index contributed by atoms with van der Waals surface area (Å²) in [7, 11) is 0. The number of aromatic nitrogens is 2. The molecule has 0 atom stereocenters. The molecule has 2 aromatic carbocycles. The predicted molar refractivity (Wildman–Crippen MR) is 88.4 cm³/mol. The third kappa shape index (κ3) is 3.59. The first-order chi connectivity index (χ1) is 11.8. The van der Waals surface area contributed by atoms with Crippen molar-refractivity contribution in [3.8, 4) is 11.8 Å². The molecule has 0 aliphatic rings. The van der Waals surface area contributed by atoms with Crippen molar-refractivity contribution < 1.29 is 9.53 Å². The Hall–Kier alpha value is -3.59. The van der Waals surface area contributed by atoms with Crippen LogP contribution < -0.4 is 10.1 Å². The lowest BCUT2D eigenvalue weighted by Crippen LogP contribution is -2.15. The molecule has 0 spiro atoms. The van der Waals surface area contributed by atoms with Gasteiger partial charge in [0.1, 0.15) is 11.8 Å². The number of carbonyl (C=O) groups excluding carboxylic acids is 1. The number of ether oxygens (including phenoxy) is 1. The zero-order valence-electron chi connectivity index (χ0n) is 12.7. The Balaban J connectivity index is 1.64. The molecule has 24 heavy (non-hydrogen) atoms. The molecule has 1 heterocycles. The van der Waals surface area contributed by atoms with Crippen molar-refractivity contribution in [1.29, 1.82) is 5.26 Å². The first-order valence-electron chi connectivity index (χ1n) is 7.28. The fourth-order valence-corrected chi connectivity index (χ4v) is 2.09. The van der Waals surface area contributed by atoms with Gasteiger partial charge in [-0.05, 0) is 30.3 Å². The number of nitrogens with zero attached hydrogens (tertiary/aromatic N) is 3. The Morgan fingerprint density at radius 2 is 1.88 bits per heavy atom. The Morgan fingerprint density at radius 3 is 2.67 bits per heavy atom. The van der Waals surface area contributed by atoms with Crippen LogP contribution in [0.15, 0.2) is 66.9 Å². The Kier molecular flexibility index (Phi) is 4.54. The largest absolute Gasteiger partial charge is 0.471 e. The lowest BCUT2D eigenvalue weighted by molar-refractivity contribution is 0.102. The van der Waals surface area contributed by atoms with Crippen LogP contribution in [0.5, 0.6) is 5.75 Å². The average Bonchev–Trinajstić information content (AvgIpc) is 3.10. The fourth-order valence-electron chi connectivity index (χ4n) is 2.09. The maximum atomic E-state index is 12.2. The highest BCUT2D eigenvalue weighted by atomic mass is 16.5. The van der Waals surface area contributed by atoms with Crippen molar-refractivity contribution in [2.45, 2.75) is 6.73 Å². The molecule has 0 bridgehead atoms. The quantitative estimate of drug-likeness (QED) is 0.784. The Labute approximate surface area is 138 Å². The standard InChI is InChI=1S/C18H14N4O2/c19-12-14-6-4-5-9-16(14)20-18(23)17-10-11-22(21-17)13-24-15-7-2-1-3-8-15/h1-11H,13H2,(H,20,23). The monoisotopic (exact) mass is 318 g/mol. The van der Waals surface area contributed by atoms with Crippen molar-refractivity contribution >= 4 is 11.6 Å². The molecule has 6 heteroatoms. The SMILES string of the molecule is N#Cc1ccccc1NC(=O)c1ccn(COc2ccccc2)n1. The molecule has 0 unspecified atom stereocenters. The van der Waals surface area contributed by atoms with E-state index in [4.69, 9.17) is 10.00 Å². The molecule has 3 aromatic rings. The topological polar surface area (TPSA) is 79.9 Å². The third-order valence-electron chi connectivity index (χ3n) is 3.28. The molecule has 0 fully saturated rings. The van der Waals surface area contributed by atoms with Gasteiger partial charge in [0.2, 0.25) is 0 Å². The number of hydrogen-bond donors (Lipinski definition) is 1. The van der Waals surface area contributed by atoms with E-state index in [-0.39, 0.29) is 18.3 Å². The lowest BCUT2D eigenvalue weighted by atomic mass is 10.2.